The molecule has 2 aliphatic carbocycles. The van der Waals surface area contributed by atoms with Gasteiger partial charge < -0.3 is 4.74 Å². The first-order valence-electron chi connectivity index (χ1n) is 7.39. The molecule has 0 aromatic rings. The Morgan fingerprint density at radius 2 is 2.21 bits per heavy atom. The van der Waals surface area contributed by atoms with Crippen molar-refractivity contribution in [1.29, 1.82) is 0 Å². The Bertz CT molecular complexity index is 403. The van der Waals surface area contributed by atoms with Crippen LogP contribution in [0, 0.1) is 17.3 Å². The maximum Gasteiger partial charge on any atom is 0.302 e. The molecule has 19 heavy (non-hydrogen) atoms. The number of carbonyl (C=O) groups excluding carboxylic acids is 1. The highest BCUT2D eigenvalue weighted by atomic mass is 16.5. The van der Waals surface area contributed by atoms with Crippen LogP contribution in [0.4, 0.5) is 0 Å². The van der Waals surface area contributed by atoms with E-state index in [1.807, 2.05) is 0 Å². The highest BCUT2D eigenvalue weighted by molar-refractivity contribution is 5.66. The van der Waals surface area contributed by atoms with Crippen molar-refractivity contribution < 1.29 is 9.53 Å². The van der Waals surface area contributed by atoms with Gasteiger partial charge in [-0.2, -0.15) is 0 Å². The molecule has 0 bridgehead atoms. The molecule has 0 aromatic heterocycles. The van der Waals surface area contributed by atoms with Crippen LogP contribution in [0.3, 0.4) is 0 Å². The quantitative estimate of drug-likeness (QED) is 0.549. The predicted molar refractivity (Wildman–Crippen MR) is 77.7 cm³/mol. The fraction of sp³-hybridized carbons (Fsp3) is 0.706. The Morgan fingerprint density at radius 1 is 1.47 bits per heavy atom. The Hall–Kier alpha value is -1.05. The van der Waals surface area contributed by atoms with Gasteiger partial charge in [-0.15, -0.1) is 0 Å². The van der Waals surface area contributed by atoms with E-state index < -0.39 is 0 Å². The topological polar surface area (TPSA) is 26.3 Å². The van der Waals surface area contributed by atoms with Crippen LogP contribution >= 0.6 is 0 Å². The first-order chi connectivity index (χ1) is 8.90. The minimum atomic E-state index is -0.188. The minimum Gasteiger partial charge on any atom is -0.461 e. The molecule has 0 spiro atoms. The molecule has 2 rings (SSSR count). The van der Waals surface area contributed by atoms with Crippen LogP contribution in [-0.4, -0.2) is 12.6 Å². The highest BCUT2D eigenvalue weighted by Gasteiger charge is 2.47. The molecule has 0 aromatic carbocycles. The smallest absolute Gasteiger partial charge is 0.302 e. The number of rotatable bonds is 2. The molecule has 1 fully saturated rings. The number of fused-ring (bicyclic) bond motifs is 1. The fourth-order valence-corrected chi connectivity index (χ4v) is 3.68. The third-order valence-electron chi connectivity index (χ3n) is 4.90. The summed E-state index contributed by atoms with van der Waals surface area (Å²) in [5.41, 5.74) is 3.16. The van der Waals surface area contributed by atoms with Crippen molar-refractivity contribution in [1.82, 2.24) is 0 Å². The third kappa shape index (κ3) is 3.29. The molecule has 0 saturated heterocycles. The molecular weight excluding hydrogens is 236 g/mol. The molecule has 1 saturated carbocycles. The van der Waals surface area contributed by atoms with Gasteiger partial charge in [0.25, 0.3) is 0 Å². The Labute approximate surface area is 116 Å². The molecule has 0 aliphatic heterocycles. The second-order valence-electron chi connectivity index (χ2n) is 6.78. The van der Waals surface area contributed by atoms with Crippen molar-refractivity contribution in [2.24, 2.45) is 17.3 Å². The summed E-state index contributed by atoms with van der Waals surface area (Å²) in [5, 5.41) is 0. The van der Waals surface area contributed by atoms with E-state index in [9.17, 15) is 4.79 Å². The average Bonchev–Trinajstić information content (AvgIpc) is 2.37. The number of carbonyl (C=O) groups is 1. The molecule has 0 radical (unpaired) electrons. The zero-order valence-electron chi connectivity index (χ0n) is 12.5. The SMILES string of the molecule is C=C1CC/C=C(/COC(C)=O)CCC2C1CC2(C)C. The monoisotopic (exact) mass is 262 g/mol. The highest BCUT2D eigenvalue weighted by Crippen LogP contribution is 2.56. The lowest BCUT2D eigenvalue weighted by molar-refractivity contribution is -0.140. The van der Waals surface area contributed by atoms with Crippen molar-refractivity contribution >= 4 is 5.97 Å². The van der Waals surface area contributed by atoms with Crippen LogP contribution < -0.4 is 0 Å². The number of hydrogen-bond donors (Lipinski definition) is 0. The van der Waals surface area contributed by atoms with E-state index >= 15 is 0 Å². The van der Waals surface area contributed by atoms with Gasteiger partial charge in [0.2, 0.25) is 0 Å². The van der Waals surface area contributed by atoms with Gasteiger partial charge in [-0.25, -0.2) is 0 Å². The van der Waals surface area contributed by atoms with Crippen LogP contribution in [0.2, 0.25) is 0 Å². The van der Waals surface area contributed by atoms with Crippen LogP contribution in [-0.2, 0) is 9.53 Å². The van der Waals surface area contributed by atoms with Gasteiger partial charge in [0.1, 0.15) is 6.61 Å². The maximum atomic E-state index is 10.9. The van der Waals surface area contributed by atoms with Gasteiger partial charge in [0.15, 0.2) is 0 Å². The van der Waals surface area contributed by atoms with E-state index in [0.717, 1.165) is 31.1 Å². The van der Waals surface area contributed by atoms with Crippen LogP contribution in [0.25, 0.3) is 0 Å². The Kier molecular flexibility index (Phi) is 4.17. The summed E-state index contributed by atoms with van der Waals surface area (Å²) in [6.45, 7) is 11.0. The maximum absolute atomic E-state index is 10.9. The fourth-order valence-electron chi connectivity index (χ4n) is 3.68. The zero-order chi connectivity index (χ0) is 14.0. The van der Waals surface area contributed by atoms with Crippen molar-refractivity contribution in [3.05, 3.63) is 23.8 Å². The van der Waals surface area contributed by atoms with E-state index in [-0.39, 0.29) is 5.97 Å². The molecular formula is C17H26O2. The summed E-state index contributed by atoms with van der Waals surface area (Å²) in [4.78, 5) is 10.9. The van der Waals surface area contributed by atoms with Crippen molar-refractivity contribution in [3.8, 4) is 0 Å². The van der Waals surface area contributed by atoms with Gasteiger partial charge >= 0.3 is 5.97 Å². The lowest BCUT2D eigenvalue weighted by atomic mass is 9.52. The van der Waals surface area contributed by atoms with E-state index in [4.69, 9.17) is 4.74 Å². The molecule has 0 N–H and O–H groups in total. The predicted octanol–water partition coefficient (Wildman–Crippen LogP) is 4.27. The van der Waals surface area contributed by atoms with Gasteiger partial charge in [-0.1, -0.05) is 32.1 Å². The molecule has 2 unspecified atom stereocenters. The number of hydrogen-bond acceptors (Lipinski definition) is 2. The molecule has 2 heteroatoms. The van der Waals surface area contributed by atoms with E-state index in [1.54, 1.807) is 0 Å². The van der Waals surface area contributed by atoms with Crippen molar-refractivity contribution in [3.63, 3.8) is 0 Å². The average molecular weight is 262 g/mol. The summed E-state index contributed by atoms with van der Waals surface area (Å²) in [7, 11) is 0. The largest absolute Gasteiger partial charge is 0.461 e. The van der Waals surface area contributed by atoms with E-state index in [0.29, 0.717) is 12.0 Å². The first kappa shape index (κ1) is 14.4. The normalized spacial score (nSPS) is 32.8. The minimum absolute atomic E-state index is 0.188. The lowest BCUT2D eigenvalue weighted by Gasteiger charge is -2.53. The van der Waals surface area contributed by atoms with Crippen LogP contribution in [0.5, 0.6) is 0 Å². The van der Waals surface area contributed by atoms with Gasteiger partial charge in [-0.05, 0) is 54.9 Å². The molecule has 2 nitrogen and oxygen atoms in total. The van der Waals surface area contributed by atoms with E-state index in [1.165, 1.54) is 30.9 Å². The van der Waals surface area contributed by atoms with Crippen molar-refractivity contribution in [2.75, 3.05) is 6.61 Å². The summed E-state index contributed by atoms with van der Waals surface area (Å²) >= 11 is 0. The summed E-state index contributed by atoms with van der Waals surface area (Å²) in [6.07, 6.45) is 7.93. The number of esters is 1. The van der Waals surface area contributed by atoms with E-state index in [2.05, 4.69) is 26.5 Å². The second-order valence-corrected chi connectivity index (χ2v) is 6.78. The summed E-state index contributed by atoms with van der Waals surface area (Å²) < 4.78 is 5.15. The third-order valence-corrected chi connectivity index (χ3v) is 4.90. The molecule has 0 amide bonds. The molecule has 2 atom stereocenters. The Balaban J connectivity index is 2.01. The summed E-state index contributed by atoms with van der Waals surface area (Å²) in [6, 6.07) is 0. The van der Waals surface area contributed by atoms with Crippen LogP contribution in [0.1, 0.15) is 52.9 Å². The first-order valence-corrected chi connectivity index (χ1v) is 7.39. The zero-order valence-corrected chi connectivity index (χ0v) is 12.5. The summed E-state index contributed by atoms with van der Waals surface area (Å²) in [5.74, 6) is 1.28. The van der Waals surface area contributed by atoms with Gasteiger partial charge in [0, 0.05) is 6.92 Å². The van der Waals surface area contributed by atoms with Crippen molar-refractivity contribution in [2.45, 2.75) is 52.9 Å². The Morgan fingerprint density at radius 3 is 2.84 bits per heavy atom. The van der Waals surface area contributed by atoms with Crippen LogP contribution in [0.15, 0.2) is 23.8 Å². The van der Waals surface area contributed by atoms with Gasteiger partial charge in [-0.3, -0.25) is 4.79 Å². The number of ether oxygens (including phenoxy) is 1. The molecule has 2 aliphatic rings. The lowest BCUT2D eigenvalue weighted by Crippen LogP contribution is -2.44. The second kappa shape index (κ2) is 5.52. The number of allylic oxidation sites excluding steroid dienone is 2. The molecule has 106 valence electrons. The standard InChI is InChI=1S/C17H26O2/c1-12-6-5-7-14(11-19-13(2)18)8-9-16-15(12)10-17(16,3)4/h7,15-16H,1,5-6,8-11H2,2-4H3/b14-7+. The molecule has 0 heterocycles. The van der Waals surface area contributed by atoms with Gasteiger partial charge in [0.05, 0.1) is 0 Å².